The van der Waals surface area contributed by atoms with E-state index in [1.54, 1.807) is 7.11 Å². The van der Waals surface area contributed by atoms with E-state index in [2.05, 4.69) is 0 Å². The summed E-state index contributed by atoms with van der Waals surface area (Å²) in [6.45, 7) is 3.91. The molecule has 0 bridgehead atoms. The lowest BCUT2D eigenvalue weighted by Crippen LogP contribution is -2.12. The second-order valence-electron chi connectivity index (χ2n) is 3.22. The van der Waals surface area contributed by atoms with Crippen LogP contribution in [0.25, 0.3) is 0 Å². The maximum Gasteiger partial charge on any atom is 0.163 e. The van der Waals surface area contributed by atoms with Gasteiger partial charge in [0.2, 0.25) is 0 Å². The van der Waals surface area contributed by atoms with Gasteiger partial charge in [0, 0.05) is 6.61 Å². The van der Waals surface area contributed by atoms with Crippen LogP contribution in [-0.2, 0) is 9.53 Å². The predicted molar refractivity (Wildman–Crippen MR) is 58.0 cm³/mol. The summed E-state index contributed by atoms with van der Waals surface area (Å²) >= 11 is 0. The van der Waals surface area contributed by atoms with E-state index in [9.17, 15) is 4.79 Å². The Bertz CT molecular complexity index is 333. The Morgan fingerprint density at radius 1 is 1.47 bits per heavy atom. The van der Waals surface area contributed by atoms with Crippen LogP contribution in [0.3, 0.4) is 0 Å². The van der Waals surface area contributed by atoms with Gasteiger partial charge in [-0.3, -0.25) is 4.79 Å². The normalized spacial score (nSPS) is 12.2. The lowest BCUT2D eigenvalue weighted by atomic mass is 10.1. The van der Waals surface area contributed by atoms with Gasteiger partial charge < -0.3 is 9.47 Å². The maximum atomic E-state index is 11.4. The van der Waals surface area contributed by atoms with Gasteiger partial charge in [-0.2, -0.15) is 0 Å². The number of carbonyl (C=O) groups is 1. The predicted octanol–water partition coefficient (Wildman–Crippen LogP) is 2.36. The fourth-order valence-electron chi connectivity index (χ4n) is 1.42. The second kappa shape index (κ2) is 5.51. The van der Waals surface area contributed by atoms with E-state index in [0.717, 1.165) is 11.3 Å². The van der Waals surface area contributed by atoms with E-state index < -0.39 is 6.10 Å². The minimum Gasteiger partial charge on any atom is -0.497 e. The Morgan fingerprint density at radius 3 is 2.73 bits per heavy atom. The smallest absolute Gasteiger partial charge is 0.163 e. The average molecular weight is 208 g/mol. The molecule has 3 nitrogen and oxygen atoms in total. The van der Waals surface area contributed by atoms with Crippen LogP contribution in [0.15, 0.2) is 24.3 Å². The fourth-order valence-corrected chi connectivity index (χ4v) is 1.42. The molecule has 1 rings (SSSR count). The van der Waals surface area contributed by atoms with Gasteiger partial charge in [0.05, 0.1) is 7.11 Å². The first-order chi connectivity index (χ1) is 7.19. The molecule has 0 spiro atoms. The first-order valence-electron chi connectivity index (χ1n) is 4.95. The Labute approximate surface area is 90.0 Å². The third kappa shape index (κ3) is 3.06. The molecule has 0 aromatic heterocycles. The molecule has 0 aliphatic heterocycles. The summed E-state index contributed by atoms with van der Waals surface area (Å²) in [6, 6.07) is 7.38. The number of rotatable bonds is 5. The van der Waals surface area contributed by atoms with Crippen LogP contribution < -0.4 is 4.74 Å². The van der Waals surface area contributed by atoms with Crippen molar-refractivity contribution in [3.63, 3.8) is 0 Å². The fraction of sp³-hybridized carbons (Fsp3) is 0.417. The molecule has 0 fully saturated rings. The number of ether oxygens (including phenoxy) is 2. The van der Waals surface area contributed by atoms with Crippen LogP contribution in [-0.4, -0.2) is 19.5 Å². The Balaban J connectivity index is 2.94. The van der Waals surface area contributed by atoms with Crippen LogP contribution in [0.1, 0.15) is 25.5 Å². The number of Topliss-reactive ketones (excluding diaryl/α,β-unsaturated/α-hetero) is 1. The van der Waals surface area contributed by atoms with Gasteiger partial charge in [-0.25, -0.2) is 0 Å². The molecular formula is C12H16O3. The molecule has 0 saturated carbocycles. The van der Waals surface area contributed by atoms with Gasteiger partial charge in [-0.15, -0.1) is 0 Å². The summed E-state index contributed by atoms with van der Waals surface area (Å²) in [4.78, 5) is 11.4. The van der Waals surface area contributed by atoms with E-state index in [1.807, 2.05) is 31.2 Å². The van der Waals surface area contributed by atoms with Crippen LogP contribution in [0, 0.1) is 0 Å². The summed E-state index contributed by atoms with van der Waals surface area (Å²) in [5.41, 5.74) is 0.837. The number of ketones is 1. The van der Waals surface area contributed by atoms with Crippen LogP contribution in [0.4, 0.5) is 0 Å². The Kier molecular flexibility index (Phi) is 4.31. The van der Waals surface area contributed by atoms with E-state index in [-0.39, 0.29) is 5.78 Å². The molecule has 0 radical (unpaired) electrons. The van der Waals surface area contributed by atoms with Gasteiger partial charge in [-0.05, 0) is 31.5 Å². The molecule has 0 aliphatic rings. The molecule has 0 saturated heterocycles. The number of benzene rings is 1. The molecule has 0 N–H and O–H groups in total. The number of hydrogen-bond donors (Lipinski definition) is 0. The summed E-state index contributed by atoms with van der Waals surface area (Å²) < 4.78 is 10.5. The van der Waals surface area contributed by atoms with Crippen molar-refractivity contribution < 1.29 is 14.3 Å². The molecule has 1 unspecified atom stereocenters. The zero-order valence-corrected chi connectivity index (χ0v) is 9.32. The first-order valence-corrected chi connectivity index (χ1v) is 4.95. The van der Waals surface area contributed by atoms with Gasteiger partial charge >= 0.3 is 0 Å². The summed E-state index contributed by atoms with van der Waals surface area (Å²) in [6.07, 6.45) is -0.481. The minimum atomic E-state index is -0.481. The van der Waals surface area contributed by atoms with Crippen LogP contribution in [0.5, 0.6) is 5.75 Å². The monoisotopic (exact) mass is 208 g/mol. The van der Waals surface area contributed by atoms with Crippen molar-refractivity contribution >= 4 is 5.78 Å². The van der Waals surface area contributed by atoms with Crippen molar-refractivity contribution in [3.05, 3.63) is 29.8 Å². The SMILES string of the molecule is CCOC(C(C)=O)c1cccc(OC)c1. The van der Waals surface area contributed by atoms with Gasteiger partial charge in [0.1, 0.15) is 11.9 Å². The summed E-state index contributed by atoms with van der Waals surface area (Å²) in [5, 5.41) is 0. The molecule has 1 aromatic carbocycles. The third-order valence-electron chi connectivity index (χ3n) is 2.10. The molecule has 0 aliphatic carbocycles. The molecular weight excluding hydrogens is 192 g/mol. The minimum absolute atomic E-state index is 0.00473. The Hall–Kier alpha value is -1.35. The third-order valence-corrected chi connectivity index (χ3v) is 2.10. The second-order valence-corrected chi connectivity index (χ2v) is 3.22. The van der Waals surface area contributed by atoms with E-state index in [0.29, 0.717) is 6.61 Å². The van der Waals surface area contributed by atoms with Crippen LogP contribution in [0.2, 0.25) is 0 Å². The summed E-state index contributed by atoms with van der Waals surface area (Å²) in [7, 11) is 1.60. The van der Waals surface area contributed by atoms with Crippen molar-refractivity contribution in [1.29, 1.82) is 0 Å². The highest BCUT2D eigenvalue weighted by atomic mass is 16.5. The lowest BCUT2D eigenvalue weighted by molar-refractivity contribution is -0.128. The largest absolute Gasteiger partial charge is 0.497 e. The van der Waals surface area contributed by atoms with Crippen molar-refractivity contribution in [2.45, 2.75) is 20.0 Å². The van der Waals surface area contributed by atoms with E-state index in [1.165, 1.54) is 6.92 Å². The molecule has 3 heteroatoms. The highest BCUT2D eigenvalue weighted by molar-refractivity contribution is 5.82. The van der Waals surface area contributed by atoms with Crippen LogP contribution >= 0.6 is 0 Å². The highest BCUT2D eigenvalue weighted by Gasteiger charge is 2.16. The molecule has 82 valence electrons. The molecule has 0 heterocycles. The zero-order valence-electron chi connectivity index (χ0n) is 9.32. The number of methoxy groups -OCH3 is 1. The molecule has 1 aromatic rings. The Morgan fingerprint density at radius 2 is 2.20 bits per heavy atom. The van der Waals surface area contributed by atoms with Gasteiger partial charge in [-0.1, -0.05) is 12.1 Å². The molecule has 0 amide bonds. The lowest BCUT2D eigenvalue weighted by Gasteiger charge is -2.14. The van der Waals surface area contributed by atoms with Crippen molar-refractivity contribution in [2.24, 2.45) is 0 Å². The topological polar surface area (TPSA) is 35.5 Å². The van der Waals surface area contributed by atoms with Gasteiger partial charge in [0.25, 0.3) is 0 Å². The molecule has 15 heavy (non-hydrogen) atoms. The van der Waals surface area contributed by atoms with Crippen molar-refractivity contribution in [2.75, 3.05) is 13.7 Å². The average Bonchev–Trinajstić information content (AvgIpc) is 2.25. The highest BCUT2D eigenvalue weighted by Crippen LogP contribution is 2.22. The first kappa shape index (κ1) is 11.7. The molecule has 1 atom stereocenters. The number of carbonyl (C=O) groups excluding carboxylic acids is 1. The zero-order chi connectivity index (χ0) is 11.3. The van der Waals surface area contributed by atoms with Gasteiger partial charge in [0.15, 0.2) is 5.78 Å². The number of hydrogen-bond acceptors (Lipinski definition) is 3. The van der Waals surface area contributed by atoms with Crippen molar-refractivity contribution in [3.8, 4) is 5.75 Å². The summed E-state index contributed by atoms with van der Waals surface area (Å²) in [5.74, 6) is 0.739. The van der Waals surface area contributed by atoms with Crippen molar-refractivity contribution in [1.82, 2.24) is 0 Å². The van der Waals surface area contributed by atoms with E-state index in [4.69, 9.17) is 9.47 Å². The standard InChI is InChI=1S/C12H16O3/c1-4-15-12(9(2)13)10-6-5-7-11(8-10)14-3/h5-8,12H,4H2,1-3H3. The maximum absolute atomic E-state index is 11.4. The quantitative estimate of drug-likeness (QED) is 0.745. The van der Waals surface area contributed by atoms with E-state index >= 15 is 0 Å².